The number of carbonyl (C=O) groups excluding carboxylic acids is 2. The van der Waals surface area contributed by atoms with Gasteiger partial charge in [-0.25, -0.2) is 0 Å². The molecule has 1 atom stereocenters. The van der Waals surface area contributed by atoms with Gasteiger partial charge < -0.3 is 0 Å². The molecule has 2 nitrogen and oxygen atoms in total. The van der Waals surface area contributed by atoms with Crippen molar-refractivity contribution in [2.45, 2.75) is 66.2 Å². The maximum Gasteiger partial charge on any atom is 0.197 e. The Morgan fingerprint density at radius 1 is 0.711 bits per heavy atom. The van der Waals surface area contributed by atoms with Crippen molar-refractivity contribution in [3.8, 4) is 19.5 Å². The maximum absolute atomic E-state index is 14.6. The molecule has 0 radical (unpaired) electrons. The van der Waals surface area contributed by atoms with Gasteiger partial charge in [0.15, 0.2) is 11.6 Å². The summed E-state index contributed by atoms with van der Waals surface area (Å²) in [5.74, 6) is 1.01. The standard InChI is InChI=1S/C30H30Br2O2S4/c1-5-7-8-16(6-2)14-20-24-23(19(35-20)13-15(3)4)27(33)25-26(28(24)34)30(18-10-12-22(32)37-18)38-29(25)17-9-11-21(31)36-17/h9-12,15-16H,5-8,13-14H2,1-4H3. The highest BCUT2D eigenvalue weighted by atomic mass is 79.9. The van der Waals surface area contributed by atoms with Crippen LogP contribution in [0.4, 0.5) is 0 Å². The second-order valence-electron chi connectivity index (χ2n) is 10.3. The summed E-state index contributed by atoms with van der Waals surface area (Å²) in [6, 6.07) is 8.14. The SMILES string of the molecule is CCCCC(CC)Cc1sc(CC(C)C)c2c1C(=O)c1c(-c3ccc(Br)s3)sc(-c3ccc(Br)s3)c1C2=O. The minimum absolute atomic E-state index is 0.0343. The number of ketones is 2. The van der Waals surface area contributed by atoms with Crippen molar-refractivity contribution in [3.05, 3.63) is 63.8 Å². The molecule has 200 valence electrons. The fourth-order valence-corrected chi connectivity index (χ4v) is 11.1. The van der Waals surface area contributed by atoms with Crippen LogP contribution in [0.3, 0.4) is 0 Å². The average molecular weight is 711 g/mol. The molecular formula is C30H30Br2O2S4. The molecule has 5 rings (SSSR count). The molecule has 0 aromatic carbocycles. The zero-order valence-corrected chi connectivity index (χ0v) is 28.4. The van der Waals surface area contributed by atoms with Crippen LogP contribution in [0, 0.1) is 11.8 Å². The second-order valence-corrected chi connectivity index (χ2v) is 17.4. The molecular weight excluding hydrogens is 680 g/mol. The van der Waals surface area contributed by atoms with Gasteiger partial charge in [0.25, 0.3) is 0 Å². The van der Waals surface area contributed by atoms with E-state index >= 15 is 0 Å². The molecule has 0 N–H and O–H groups in total. The Bertz CT molecular complexity index is 1500. The lowest BCUT2D eigenvalue weighted by Crippen LogP contribution is -2.22. The number of thiophene rings is 4. The van der Waals surface area contributed by atoms with Crippen LogP contribution < -0.4 is 0 Å². The van der Waals surface area contributed by atoms with E-state index in [4.69, 9.17) is 0 Å². The Labute approximate surface area is 257 Å². The van der Waals surface area contributed by atoms with Gasteiger partial charge in [-0.05, 0) is 80.8 Å². The number of unbranched alkanes of at least 4 members (excludes halogenated alkanes) is 1. The molecule has 8 heteroatoms. The number of fused-ring (bicyclic) bond motifs is 2. The highest BCUT2D eigenvalue weighted by Crippen LogP contribution is 2.52. The van der Waals surface area contributed by atoms with Crippen LogP contribution in [-0.2, 0) is 12.8 Å². The molecule has 0 saturated carbocycles. The monoisotopic (exact) mass is 708 g/mol. The zero-order chi connectivity index (χ0) is 27.1. The van der Waals surface area contributed by atoms with E-state index in [0.29, 0.717) is 34.1 Å². The lowest BCUT2D eigenvalue weighted by Gasteiger charge is -2.18. The third-order valence-electron chi connectivity index (χ3n) is 7.08. The third-order valence-corrected chi connectivity index (χ3v) is 13.1. The molecule has 4 heterocycles. The fraction of sp³-hybridized carbons (Fsp3) is 0.400. The Kier molecular flexibility index (Phi) is 8.97. The van der Waals surface area contributed by atoms with Gasteiger partial charge in [-0.1, -0.05) is 53.4 Å². The van der Waals surface area contributed by atoms with Gasteiger partial charge in [0.2, 0.25) is 0 Å². The van der Waals surface area contributed by atoms with Crippen molar-refractivity contribution in [2.75, 3.05) is 0 Å². The zero-order valence-electron chi connectivity index (χ0n) is 21.9. The first-order valence-corrected chi connectivity index (χ1v) is 18.0. The summed E-state index contributed by atoms with van der Waals surface area (Å²) in [4.78, 5) is 35.1. The van der Waals surface area contributed by atoms with Crippen LogP contribution in [-0.4, -0.2) is 11.6 Å². The molecule has 4 aromatic heterocycles. The van der Waals surface area contributed by atoms with E-state index in [1.165, 1.54) is 12.8 Å². The average Bonchev–Trinajstić information content (AvgIpc) is 3.65. The summed E-state index contributed by atoms with van der Waals surface area (Å²) in [5.41, 5.74) is 2.61. The molecule has 1 aliphatic carbocycles. The summed E-state index contributed by atoms with van der Waals surface area (Å²) >= 11 is 13.7. The molecule has 0 aliphatic heterocycles. The molecule has 0 fully saturated rings. The first-order valence-electron chi connectivity index (χ1n) is 13.1. The van der Waals surface area contributed by atoms with Crippen LogP contribution in [0.25, 0.3) is 19.5 Å². The van der Waals surface area contributed by atoms with Crippen molar-refractivity contribution >= 4 is 88.8 Å². The highest BCUT2D eigenvalue weighted by molar-refractivity contribution is 9.11. The molecule has 38 heavy (non-hydrogen) atoms. The Morgan fingerprint density at radius 2 is 1.24 bits per heavy atom. The maximum atomic E-state index is 14.6. The van der Waals surface area contributed by atoms with Gasteiger partial charge in [-0.3, -0.25) is 9.59 Å². The molecule has 0 bridgehead atoms. The van der Waals surface area contributed by atoms with E-state index in [2.05, 4.69) is 71.7 Å². The van der Waals surface area contributed by atoms with Crippen LogP contribution in [0.1, 0.15) is 95.0 Å². The van der Waals surface area contributed by atoms with Crippen molar-refractivity contribution < 1.29 is 9.59 Å². The number of hydrogen-bond donors (Lipinski definition) is 0. The van der Waals surface area contributed by atoms with Crippen LogP contribution in [0.5, 0.6) is 0 Å². The summed E-state index contributed by atoms with van der Waals surface area (Å²) in [7, 11) is 0. The summed E-state index contributed by atoms with van der Waals surface area (Å²) in [6.07, 6.45) is 6.33. The summed E-state index contributed by atoms with van der Waals surface area (Å²) in [6.45, 7) is 8.86. The van der Waals surface area contributed by atoms with E-state index in [0.717, 1.165) is 62.5 Å². The van der Waals surface area contributed by atoms with E-state index in [9.17, 15) is 9.59 Å². The lowest BCUT2D eigenvalue weighted by molar-refractivity contribution is 0.0980. The Morgan fingerprint density at radius 3 is 1.66 bits per heavy atom. The molecule has 1 unspecified atom stereocenters. The smallest absolute Gasteiger partial charge is 0.197 e. The number of carbonyl (C=O) groups is 2. The fourth-order valence-electron chi connectivity index (χ4n) is 5.21. The Balaban J connectivity index is 1.72. The molecule has 0 amide bonds. The van der Waals surface area contributed by atoms with Crippen LogP contribution >= 0.6 is 77.2 Å². The topological polar surface area (TPSA) is 34.1 Å². The summed E-state index contributed by atoms with van der Waals surface area (Å²) in [5, 5.41) is 0. The highest BCUT2D eigenvalue weighted by Gasteiger charge is 2.41. The van der Waals surface area contributed by atoms with Crippen molar-refractivity contribution in [1.82, 2.24) is 0 Å². The van der Waals surface area contributed by atoms with E-state index < -0.39 is 0 Å². The molecule has 0 spiro atoms. The van der Waals surface area contributed by atoms with Crippen LogP contribution in [0.15, 0.2) is 31.8 Å². The lowest BCUT2D eigenvalue weighted by atomic mass is 9.81. The van der Waals surface area contributed by atoms with Crippen LogP contribution in [0.2, 0.25) is 0 Å². The van der Waals surface area contributed by atoms with Crippen molar-refractivity contribution in [3.63, 3.8) is 0 Å². The predicted octanol–water partition coefficient (Wildman–Crippen LogP) is 11.5. The van der Waals surface area contributed by atoms with Gasteiger partial charge in [0, 0.05) is 30.6 Å². The first-order chi connectivity index (χ1) is 18.2. The first kappa shape index (κ1) is 28.6. The second kappa shape index (κ2) is 11.9. The molecule has 1 aliphatic rings. The third kappa shape index (κ3) is 5.38. The number of hydrogen-bond acceptors (Lipinski definition) is 6. The van der Waals surface area contributed by atoms with Gasteiger partial charge in [0.1, 0.15) is 0 Å². The summed E-state index contributed by atoms with van der Waals surface area (Å²) < 4.78 is 2.03. The number of rotatable bonds is 10. The predicted molar refractivity (Wildman–Crippen MR) is 173 cm³/mol. The Hall–Kier alpha value is -0.900. The van der Waals surface area contributed by atoms with E-state index in [1.807, 2.05) is 12.1 Å². The normalized spacial score (nSPS) is 13.9. The van der Waals surface area contributed by atoms with E-state index in [-0.39, 0.29) is 11.6 Å². The minimum Gasteiger partial charge on any atom is -0.288 e. The molecule has 0 saturated heterocycles. The van der Waals surface area contributed by atoms with Crippen molar-refractivity contribution in [2.24, 2.45) is 11.8 Å². The molecule has 4 aromatic rings. The largest absolute Gasteiger partial charge is 0.288 e. The minimum atomic E-state index is 0.0343. The van der Waals surface area contributed by atoms with E-state index in [1.54, 1.807) is 45.3 Å². The van der Waals surface area contributed by atoms with Gasteiger partial charge in [-0.15, -0.1) is 45.3 Å². The quantitative estimate of drug-likeness (QED) is 0.145. The van der Waals surface area contributed by atoms with Crippen molar-refractivity contribution in [1.29, 1.82) is 0 Å². The van der Waals surface area contributed by atoms with Gasteiger partial charge in [0.05, 0.1) is 28.5 Å². The van der Waals surface area contributed by atoms with Gasteiger partial charge in [-0.2, -0.15) is 0 Å². The number of halogens is 2. The van der Waals surface area contributed by atoms with Gasteiger partial charge >= 0.3 is 0 Å².